The molecule has 0 atom stereocenters. The number of hydrogen-bond donors (Lipinski definition) is 7. The normalized spacial score (nSPS) is 10.9. The summed E-state index contributed by atoms with van der Waals surface area (Å²) in [6.45, 7) is 1.78. The lowest BCUT2D eigenvalue weighted by atomic mass is 10.1. The van der Waals surface area contributed by atoms with E-state index < -0.39 is 6.29 Å². The number of nitrogen functional groups attached to an aromatic ring is 1. The van der Waals surface area contributed by atoms with Gasteiger partial charge in [0.25, 0.3) is 0 Å². The number of rotatable bonds is 12. The Morgan fingerprint density at radius 3 is 2.36 bits per heavy atom. The van der Waals surface area contributed by atoms with Gasteiger partial charge in [-0.2, -0.15) is 0 Å². The molecule has 0 unspecified atom stereocenters. The van der Waals surface area contributed by atoms with Crippen LogP contribution in [0.15, 0.2) is 42.5 Å². The Morgan fingerprint density at radius 2 is 1.68 bits per heavy atom. The van der Waals surface area contributed by atoms with Crippen molar-refractivity contribution in [3.63, 3.8) is 0 Å². The lowest BCUT2D eigenvalue weighted by Gasteiger charge is -2.26. The molecule has 2 aromatic rings. The quantitative estimate of drug-likeness (QED) is 0.209. The SMILES string of the molecule is Nc1ccc(NCCC(O)O)cc1CNc1ccccc1N(CCO)CCO. The number of nitrogens with one attached hydrogen (secondary N) is 2. The maximum Gasteiger partial charge on any atom is 0.153 e. The third-order valence-corrected chi connectivity index (χ3v) is 4.33. The summed E-state index contributed by atoms with van der Waals surface area (Å²) in [5.41, 5.74) is 10.3. The number of benzene rings is 2. The van der Waals surface area contributed by atoms with Gasteiger partial charge in [-0.25, -0.2) is 0 Å². The molecular formula is C20H30N4O4. The van der Waals surface area contributed by atoms with Crippen molar-refractivity contribution in [2.24, 2.45) is 0 Å². The number of aliphatic hydroxyl groups is 4. The van der Waals surface area contributed by atoms with E-state index in [9.17, 15) is 10.2 Å². The first-order chi connectivity index (χ1) is 13.5. The topological polar surface area (TPSA) is 134 Å². The highest BCUT2D eigenvalue weighted by Gasteiger charge is 2.11. The fourth-order valence-electron chi connectivity index (χ4n) is 2.90. The van der Waals surface area contributed by atoms with Crippen molar-refractivity contribution in [1.29, 1.82) is 0 Å². The van der Waals surface area contributed by atoms with Crippen molar-refractivity contribution in [3.05, 3.63) is 48.0 Å². The van der Waals surface area contributed by atoms with Crippen LogP contribution in [0.3, 0.4) is 0 Å². The van der Waals surface area contributed by atoms with Crippen LogP contribution in [-0.4, -0.2) is 59.6 Å². The van der Waals surface area contributed by atoms with Crippen LogP contribution >= 0.6 is 0 Å². The predicted octanol–water partition coefficient (Wildman–Crippen LogP) is 0.785. The third kappa shape index (κ3) is 6.58. The molecule has 8 heteroatoms. The maximum atomic E-state index is 9.30. The number of hydrogen-bond acceptors (Lipinski definition) is 8. The summed E-state index contributed by atoms with van der Waals surface area (Å²) in [7, 11) is 0. The molecule has 0 radical (unpaired) electrons. The Hall–Kier alpha value is -2.52. The lowest BCUT2D eigenvalue weighted by Crippen LogP contribution is -2.30. The van der Waals surface area contributed by atoms with Gasteiger partial charge in [0.05, 0.1) is 24.6 Å². The molecule has 0 fully saturated rings. The second-order valence-corrected chi connectivity index (χ2v) is 6.41. The van der Waals surface area contributed by atoms with Gasteiger partial charge in [0.1, 0.15) is 0 Å². The molecule has 8 nitrogen and oxygen atoms in total. The molecule has 0 aliphatic heterocycles. The van der Waals surface area contributed by atoms with Crippen molar-refractivity contribution >= 4 is 22.7 Å². The molecule has 28 heavy (non-hydrogen) atoms. The Morgan fingerprint density at radius 1 is 0.964 bits per heavy atom. The van der Waals surface area contributed by atoms with E-state index in [4.69, 9.17) is 15.9 Å². The Labute approximate surface area is 165 Å². The van der Waals surface area contributed by atoms with Crippen LogP contribution in [0.25, 0.3) is 0 Å². The zero-order valence-corrected chi connectivity index (χ0v) is 15.9. The zero-order chi connectivity index (χ0) is 20.4. The molecule has 0 spiro atoms. The average molecular weight is 390 g/mol. The van der Waals surface area contributed by atoms with E-state index in [-0.39, 0.29) is 19.6 Å². The monoisotopic (exact) mass is 390 g/mol. The van der Waals surface area contributed by atoms with Crippen LogP contribution in [0.4, 0.5) is 22.7 Å². The zero-order valence-electron chi connectivity index (χ0n) is 15.9. The van der Waals surface area contributed by atoms with Crippen LogP contribution < -0.4 is 21.3 Å². The minimum Gasteiger partial charge on any atom is -0.398 e. The summed E-state index contributed by atoms with van der Waals surface area (Å²) in [6, 6.07) is 13.3. The highest BCUT2D eigenvalue weighted by atomic mass is 16.5. The van der Waals surface area contributed by atoms with Gasteiger partial charge in [0, 0.05) is 44.0 Å². The second-order valence-electron chi connectivity index (χ2n) is 6.41. The molecule has 0 saturated carbocycles. The van der Waals surface area contributed by atoms with Gasteiger partial charge in [-0.15, -0.1) is 0 Å². The molecule has 0 aromatic heterocycles. The Bertz CT molecular complexity index is 721. The average Bonchev–Trinajstić information content (AvgIpc) is 2.68. The molecule has 0 bridgehead atoms. The van der Waals surface area contributed by atoms with Gasteiger partial charge < -0.3 is 41.7 Å². The molecule has 0 aliphatic rings. The van der Waals surface area contributed by atoms with E-state index in [1.165, 1.54) is 0 Å². The van der Waals surface area contributed by atoms with Gasteiger partial charge in [0.15, 0.2) is 6.29 Å². The summed E-state index contributed by atoms with van der Waals surface area (Å²) in [5, 5.41) is 43.0. The first kappa shape index (κ1) is 21.8. The third-order valence-electron chi connectivity index (χ3n) is 4.33. The van der Waals surface area contributed by atoms with E-state index in [1.807, 2.05) is 47.4 Å². The van der Waals surface area contributed by atoms with E-state index in [1.54, 1.807) is 0 Å². The summed E-state index contributed by atoms with van der Waals surface area (Å²) in [4.78, 5) is 1.92. The van der Waals surface area contributed by atoms with Crippen molar-refractivity contribution in [3.8, 4) is 0 Å². The van der Waals surface area contributed by atoms with E-state index in [0.29, 0.717) is 31.9 Å². The van der Waals surface area contributed by atoms with Gasteiger partial charge >= 0.3 is 0 Å². The standard InChI is InChI=1S/C20H30N4O4/c21-17-6-5-16(22-8-7-20(27)28)13-15(17)14-23-18-3-1-2-4-19(18)24(9-11-25)10-12-26/h1-6,13,20,22-23,25-28H,7-12,14,21H2. The first-order valence-electron chi connectivity index (χ1n) is 9.33. The largest absolute Gasteiger partial charge is 0.398 e. The van der Waals surface area contributed by atoms with E-state index in [0.717, 1.165) is 22.6 Å². The summed E-state index contributed by atoms with van der Waals surface area (Å²) in [6.07, 6.45) is -1.10. The molecule has 0 saturated heterocycles. The number of nitrogens with two attached hydrogens (primary N) is 1. The molecule has 2 aromatic carbocycles. The predicted molar refractivity (Wildman–Crippen MR) is 112 cm³/mol. The highest BCUT2D eigenvalue weighted by molar-refractivity contribution is 5.70. The van der Waals surface area contributed by atoms with Gasteiger partial charge in [0.2, 0.25) is 0 Å². The summed E-state index contributed by atoms with van der Waals surface area (Å²) in [5.74, 6) is 0. The Kier molecular flexibility index (Phi) is 8.83. The second kappa shape index (κ2) is 11.4. The van der Waals surface area contributed by atoms with E-state index in [2.05, 4.69) is 10.6 Å². The van der Waals surface area contributed by atoms with Crippen LogP contribution in [0.1, 0.15) is 12.0 Å². The minimum atomic E-state index is -1.33. The summed E-state index contributed by atoms with van der Waals surface area (Å²) >= 11 is 0. The van der Waals surface area contributed by atoms with Gasteiger partial charge in [-0.1, -0.05) is 12.1 Å². The molecule has 8 N–H and O–H groups in total. The molecule has 0 amide bonds. The van der Waals surface area contributed by atoms with Crippen LogP contribution in [-0.2, 0) is 6.54 Å². The van der Waals surface area contributed by atoms with Gasteiger partial charge in [-0.3, -0.25) is 0 Å². The molecule has 154 valence electrons. The lowest BCUT2D eigenvalue weighted by molar-refractivity contribution is -0.0423. The van der Waals surface area contributed by atoms with E-state index >= 15 is 0 Å². The van der Waals surface area contributed by atoms with Crippen molar-refractivity contribution in [2.45, 2.75) is 19.3 Å². The fraction of sp³-hybridized carbons (Fsp3) is 0.400. The fourth-order valence-corrected chi connectivity index (χ4v) is 2.90. The maximum absolute atomic E-state index is 9.30. The number of para-hydroxylation sites is 2. The first-order valence-corrected chi connectivity index (χ1v) is 9.33. The molecule has 0 aliphatic carbocycles. The number of nitrogens with zero attached hydrogens (tertiary/aromatic N) is 1. The molecular weight excluding hydrogens is 360 g/mol. The number of aliphatic hydroxyl groups excluding tert-OH is 3. The smallest absolute Gasteiger partial charge is 0.153 e. The van der Waals surface area contributed by atoms with Crippen LogP contribution in [0.5, 0.6) is 0 Å². The van der Waals surface area contributed by atoms with Gasteiger partial charge in [-0.05, 0) is 35.9 Å². The highest BCUT2D eigenvalue weighted by Crippen LogP contribution is 2.27. The molecule has 0 heterocycles. The minimum absolute atomic E-state index is 0.00245. The number of anilines is 4. The van der Waals surface area contributed by atoms with Crippen LogP contribution in [0.2, 0.25) is 0 Å². The Balaban J connectivity index is 2.09. The van der Waals surface area contributed by atoms with Crippen molar-refractivity contribution in [1.82, 2.24) is 0 Å². The van der Waals surface area contributed by atoms with Crippen molar-refractivity contribution in [2.75, 3.05) is 54.1 Å². The van der Waals surface area contributed by atoms with Crippen LogP contribution in [0, 0.1) is 0 Å². The summed E-state index contributed by atoms with van der Waals surface area (Å²) < 4.78 is 0. The van der Waals surface area contributed by atoms with Crippen molar-refractivity contribution < 1.29 is 20.4 Å². The molecule has 2 rings (SSSR count).